The van der Waals surface area contributed by atoms with E-state index in [-0.39, 0.29) is 5.60 Å². The Labute approximate surface area is 123 Å². The van der Waals surface area contributed by atoms with E-state index in [1.165, 1.54) is 0 Å². The Morgan fingerprint density at radius 1 is 1.30 bits per heavy atom. The first-order chi connectivity index (χ1) is 9.44. The van der Waals surface area contributed by atoms with Crippen LogP contribution in [0.2, 0.25) is 0 Å². The van der Waals surface area contributed by atoms with Crippen LogP contribution >= 0.6 is 0 Å². The van der Waals surface area contributed by atoms with E-state index >= 15 is 0 Å². The summed E-state index contributed by atoms with van der Waals surface area (Å²) in [4.78, 5) is 0. The Morgan fingerprint density at radius 2 is 2.00 bits per heavy atom. The van der Waals surface area contributed by atoms with Gasteiger partial charge in [-0.25, -0.2) is 0 Å². The van der Waals surface area contributed by atoms with Gasteiger partial charge in [-0.15, -0.1) is 0 Å². The first kappa shape index (κ1) is 16.2. The molecule has 2 fully saturated rings. The summed E-state index contributed by atoms with van der Waals surface area (Å²) in [6, 6.07) is 0. The molecule has 0 aromatic rings. The molecular formula is C16H31NO3. The lowest BCUT2D eigenvalue weighted by molar-refractivity contribution is -0.171. The smallest absolute Gasteiger partial charge is 0.0773 e. The molecule has 0 aromatic carbocycles. The van der Waals surface area contributed by atoms with Gasteiger partial charge >= 0.3 is 0 Å². The molecule has 2 N–H and O–H groups in total. The maximum atomic E-state index is 10.8. The predicted molar refractivity (Wildman–Crippen MR) is 79.8 cm³/mol. The fourth-order valence-corrected chi connectivity index (χ4v) is 3.41. The van der Waals surface area contributed by atoms with Crippen molar-refractivity contribution < 1.29 is 14.6 Å². The standard InChI is InChI=1S/C16H31NO3/c1-13(2)11-17-12-15(3,18)14-4-7-20-16(10-14)5-8-19-9-6-16/h13-14,17-18H,4-12H2,1-3H3. The second-order valence-electron chi connectivity index (χ2n) is 7.22. The van der Waals surface area contributed by atoms with Crippen molar-refractivity contribution in [2.24, 2.45) is 11.8 Å². The number of rotatable bonds is 5. The van der Waals surface area contributed by atoms with Gasteiger partial charge in [-0.3, -0.25) is 0 Å². The first-order valence-corrected chi connectivity index (χ1v) is 8.08. The van der Waals surface area contributed by atoms with Crippen LogP contribution in [0.4, 0.5) is 0 Å². The zero-order valence-corrected chi connectivity index (χ0v) is 13.3. The average Bonchev–Trinajstić information content (AvgIpc) is 2.39. The van der Waals surface area contributed by atoms with Crippen molar-refractivity contribution in [2.45, 2.75) is 57.7 Å². The molecule has 2 rings (SSSR count). The van der Waals surface area contributed by atoms with E-state index in [0.29, 0.717) is 18.4 Å². The minimum atomic E-state index is -0.649. The first-order valence-electron chi connectivity index (χ1n) is 8.08. The number of hydrogen-bond donors (Lipinski definition) is 2. The third-order valence-corrected chi connectivity index (χ3v) is 4.81. The van der Waals surface area contributed by atoms with Gasteiger partial charge in [0.2, 0.25) is 0 Å². The molecule has 0 radical (unpaired) electrons. The molecule has 2 aliphatic rings. The van der Waals surface area contributed by atoms with Crippen molar-refractivity contribution in [1.29, 1.82) is 0 Å². The summed E-state index contributed by atoms with van der Waals surface area (Å²) in [7, 11) is 0. The number of hydrogen-bond acceptors (Lipinski definition) is 4. The van der Waals surface area contributed by atoms with Crippen LogP contribution in [0, 0.1) is 11.8 Å². The molecule has 0 bridgehead atoms. The van der Waals surface area contributed by atoms with Crippen LogP contribution in [0.1, 0.15) is 46.5 Å². The van der Waals surface area contributed by atoms with Crippen molar-refractivity contribution in [3.63, 3.8) is 0 Å². The van der Waals surface area contributed by atoms with E-state index in [9.17, 15) is 5.11 Å². The number of aliphatic hydroxyl groups is 1. The van der Waals surface area contributed by atoms with Crippen molar-refractivity contribution in [3.05, 3.63) is 0 Å². The van der Waals surface area contributed by atoms with Crippen LogP contribution in [0.25, 0.3) is 0 Å². The van der Waals surface area contributed by atoms with Crippen LogP contribution in [-0.4, -0.2) is 49.2 Å². The van der Waals surface area contributed by atoms with Gasteiger partial charge in [0, 0.05) is 26.4 Å². The van der Waals surface area contributed by atoms with Crippen LogP contribution in [0.3, 0.4) is 0 Å². The molecule has 2 heterocycles. The van der Waals surface area contributed by atoms with Crippen molar-refractivity contribution >= 4 is 0 Å². The quantitative estimate of drug-likeness (QED) is 0.811. The van der Waals surface area contributed by atoms with E-state index < -0.39 is 5.60 Å². The molecule has 2 atom stereocenters. The van der Waals surface area contributed by atoms with Gasteiger partial charge < -0.3 is 19.9 Å². The van der Waals surface area contributed by atoms with Gasteiger partial charge in [0.15, 0.2) is 0 Å². The second-order valence-corrected chi connectivity index (χ2v) is 7.22. The van der Waals surface area contributed by atoms with E-state index in [0.717, 1.165) is 52.0 Å². The summed E-state index contributed by atoms with van der Waals surface area (Å²) in [5, 5.41) is 14.2. The second kappa shape index (κ2) is 6.73. The topological polar surface area (TPSA) is 50.7 Å². The highest BCUT2D eigenvalue weighted by atomic mass is 16.5. The van der Waals surface area contributed by atoms with E-state index in [4.69, 9.17) is 9.47 Å². The number of ether oxygens (including phenoxy) is 2. The van der Waals surface area contributed by atoms with Crippen molar-refractivity contribution in [2.75, 3.05) is 32.9 Å². The van der Waals surface area contributed by atoms with Gasteiger partial charge in [0.25, 0.3) is 0 Å². The fraction of sp³-hybridized carbons (Fsp3) is 1.00. The highest BCUT2D eigenvalue weighted by Crippen LogP contribution is 2.40. The molecule has 20 heavy (non-hydrogen) atoms. The van der Waals surface area contributed by atoms with Crippen molar-refractivity contribution in [1.82, 2.24) is 5.32 Å². The molecule has 0 aromatic heterocycles. The summed E-state index contributed by atoms with van der Waals surface area (Å²) in [6.07, 6.45) is 3.86. The molecule has 2 aliphatic heterocycles. The third-order valence-electron chi connectivity index (χ3n) is 4.81. The monoisotopic (exact) mass is 285 g/mol. The molecule has 1 spiro atoms. The van der Waals surface area contributed by atoms with Gasteiger partial charge in [-0.05, 0) is 51.0 Å². The Bertz CT molecular complexity index is 293. The van der Waals surface area contributed by atoms with Crippen LogP contribution < -0.4 is 5.32 Å². The van der Waals surface area contributed by atoms with Gasteiger partial charge in [-0.1, -0.05) is 13.8 Å². The predicted octanol–water partition coefficient (Wildman–Crippen LogP) is 1.96. The minimum absolute atomic E-state index is 0.0385. The Balaban J connectivity index is 1.89. The molecule has 4 nitrogen and oxygen atoms in total. The number of nitrogens with one attached hydrogen (secondary N) is 1. The summed E-state index contributed by atoms with van der Waals surface area (Å²) < 4.78 is 11.5. The maximum absolute atomic E-state index is 10.8. The lowest BCUT2D eigenvalue weighted by atomic mass is 9.74. The van der Waals surface area contributed by atoms with Gasteiger partial charge in [0.1, 0.15) is 0 Å². The Hall–Kier alpha value is -0.160. The molecule has 0 saturated carbocycles. The Kier molecular flexibility index (Phi) is 5.46. The molecule has 2 saturated heterocycles. The van der Waals surface area contributed by atoms with E-state index in [1.54, 1.807) is 0 Å². The lowest BCUT2D eigenvalue weighted by Gasteiger charge is -2.47. The maximum Gasteiger partial charge on any atom is 0.0773 e. The highest BCUT2D eigenvalue weighted by molar-refractivity contribution is 4.95. The molecule has 2 unspecified atom stereocenters. The van der Waals surface area contributed by atoms with Crippen LogP contribution in [0.15, 0.2) is 0 Å². The summed E-state index contributed by atoms with van der Waals surface area (Å²) in [5.41, 5.74) is -0.687. The van der Waals surface area contributed by atoms with Crippen LogP contribution in [0.5, 0.6) is 0 Å². The van der Waals surface area contributed by atoms with Crippen molar-refractivity contribution in [3.8, 4) is 0 Å². The molecule has 0 amide bonds. The van der Waals surface area contributed by atoms with Gasteiger partial charge in [0.05, 0.1) is 11.2 Å². The zero-order valence-electron chi connectivity index (χ0n) is 13.3. The SMILES string of the molecule is CC(C)CNCC(C)(O)C1CCOC2(CCOCC2)C1. The zero-order chi connectivity index (χ0) is 14.6. The lowest BCUT2D eigenvalue weighted by Crippen LogP contribution is -2.53. The minimum Gasteiger partial charge on any atom is -0.389 e. The van der Waals surface area contributed by atoms with E-state index in [1.807, 2.05) is 6.92 Å². The van der Waals surface area contributed by atoms with Crippen LogP contribution in [-0.2, 0) is 9.47 Å². The third kappa shape index (κ3) is 4.17. The largest absolute Gasteiger partial charge is 0.389 e. The Morgan fingerprint density at radius 3 is 2.65 bits per heavy atom. The summed E-state index contributed by atoms with van der Waals surface area (Å²) in [6.45, 7) is 10.3. The summed E-state index contributed by atoms with van der Waals surface area (Å²) >= 11 is 0. The normalized spacial score (nSPS) is 29.6. The molecule has 118 valence electrons. The van der Waals surface area contributed by atoms with E-state index in [2.05, 4.69) is 19.2 Å². The fourth-order valence-electron chi connectivity index (χ4n) is 3.41. The molecule has 4 heteroatoms. The van der Waals surface area contributed by atoms with Gasteiger partial charge in [-0.2, -0.15) is 0 Å². The highest BCUT2D eigenvalue weighted by Gasteiger charge is 2.44. The average molecular weight is 285 g/mol. The molecule has 0 aliphatic carbocycles. The molecular weight excluding hydrogens is 254 g/mol. The summed E-state index contributed by atoms with van der Waals surface area (Å²) in [5.74, 6) is 0.927.